The lowest BCUT2D eigenvalue weighted by atomic mass is 9.77. The van der Waals surface area contributed by atoms with Gasteiger partial charge in [-0.05, 0) is 73.4 Å². The molecule has 138 valence electrons. The molecule has 1 N–H and O–H groups in total. The van der Waals surface area contributed by atoms with Crippen molar-refractivity contribution in [2.45, 2.75) is 38.0 Å². The predicted molar refractivity (Wildman–Crippen MR) is 102 cm³/mol. The van der Waals surface area contributed by atoms with E-state index in [2.05, 4.69) is 17.4 Å². The van der Waals surface area contributed by atoms with Crippen molar-refractivity contribution in [3.8, 4) is 5.75 Å². The fourth-order valence-corrected chi connectivity index (χ4v) is 3.74. The van der Waals surface area contributed by atoms with Gasteiger partial charge in [0.05, 0.1) is 12.1 Å². The van der Waals surface area contributed by atoms with Crippen LogP contribution in [0.15, 0.2) is 42.5 Å². The standard InChI is InChI=1S/C21H23ClFNO2/c1-26-18-9-6-16(7-10-18)15-4-2-14(3-5-15)12-21(25)24-17-8-11-19(22)20(23)13-17/h6-11,13-15H,2-5,12H2,1H3,(H,24,25)/t14-,15-. The van der Waals surface area contributed by atoms with Gasteiger partial charge >= 0.3 is 0 Å². The van der Waals surface area contributed by atoms with E-state index in [0.717, 1.165) is 31.4 Å². The normalized spacial score (nSPS) is 19.8. The molecule has 3 nitrogen and oxygen atoms in total. The molecule has 0 aliphatic heterocycles. The van der Waals surface area contributed by atoms with Crippen LogP contribution in [-0.2, 0) is 4.79 Å². The van der Waals surface area contributed by atoms with E-state index in [9.17, 15) is 9.18 Å². The van der Waals surface area contributed by atoms with Crippen LogP contribution in [0, 0.1) is 11.7 Å². The van der Waals surface area contributed by atoms with Gasteiger partial charge in [0.25, 0.3) is 0 Å². The summed E-state index contributed by atoms with van der Waals surface area (Å²) in [5, 5.41) is 2.82. The van der Waals surface area contributed by atoms with Crippen LogP contribution >= 0.6 is 11.6 Å². The summed E-state index contributed by atoms with van der Waals surface area (Å²) in [6, 6.07) is 12.6. The Hall–Kier alpha value is -2.07. The summed E-state index contributed by atoms with van der Waals surface area (Å²) < 4.78 is 18.7. The van der Waals surface area contributed by atoms with E-state index in [1.54, 1.807) is 13.2 Å². The highest BCUT2D eigenvalue weighted by atomic mass is 35.5. The maximum atomic E-state index is 13.4. The molecule has 0 radical (unpaired) electrons. The molecule has 2 aromatic carbocycles. The second-order valence-electron chi connectivity index (χ2n) is 6.87. The van der Waals surface area contributed by atoms with E-state index < -0.39 is 5.82 Å². The van der Waals surface area contributed by atoms with Gasteiger partial charge in [0.1, 0.15) is 11.6 Å². The summed E-state index contributed by atoms with van der Waals surface area (Å²) in [4.78, 5) is 12.2. The van der Waals surface area contributed by atoms with Crippen LogP contribution in [0.3, 0.4) is 0 Å². The Balaban J connectivity index is 1.48. The van der Waals surface area contributed by atoms with Crippen LogP contribution < -0.4 is 10.1 Å². The zero-order valence-electron chi connectivity index (χ0n) is 14.8. The van der Waals surface area contributed by atoms with Crippen molar-refractivity contribution in [2.24, 2.45) is 5.92 Å². The van der Waals surface area contributed by atoms with E-state index in [1.165, 1.54) is 17.7 Å². The molecule has 1 saturated carbocycles. The smallest absolute Gasteiger partial charge is 0.224 e. The Morgan fingerprint density at radius 1 is 1.15 bits per heavy atom. The van der Waals surface area contributed by atoms with E-state index in [-0.39, 0.29) is 10.9 Å². The maximum Gasteiger partial charge on any atom is 0.224 e. The van der Waals surface area contributed by atoms with Crippen molar-refractivity contribution < 1.29 is 13.9 Å². The molecule has 1 fully saturated rings. The zero-order chi connectivity index (χ0) is 18.5. The first-order chi connectivity index (χ1) is 12.5. The molecule has 26 heavy (non-hydrogen) atoms. The van der Waals surface area contributed by atoms with Crippen molar-refractivity contribution in [1.29, 1.82) is 0 Å². The number of halogens is 2. The van der Waals surface area contributed by atoms with E-state index >= 15 is 0 Å². The van der Waals surface area contributed by atoms with Gasteiger partial charge in [-0.1, -0.05) is 23.7 Å². The summed E-state index contributed by atoms with van der Waals surface area (Å²) in [7, 11) is 1.67. The van der Waals surface area contributed by atoms with Gasteiger partial charge < -0.3 is 10.1 Å². The summed E-state index contributed by atoms with van der Waals surface area (Å²) in [6.45, 7) is 0. The zero-order valence-corrected chi connectivity index (χ0v) is 15.6. The topological polar surface area (TPSA) is 38.3 Å². The first kappa shape index (κ1) is 18.7. The van der Waals surface area contributed by atoms with Gasteiger partial charge in [-0.15, -0.1) is 0 Å². The molecule has 1 amide bonds. The number of nitrogens with one attached hydrogen (secondary N) is 1. The fourth-order valence-electron chi connectivity index (χ4n) is 3.62. The van der Waals surface area contributed by atoms with Crippen LogP contribution in [0.5, 0.6) is 5.75 Å². The quantitative estimate of drug-likeness (QED) is 0.718. The summed E-state index contributed by atoms with van der Waals surface area (Å²) >= 11 is 5.66. The highest BCUT2D eigenvalue weighted by Gasteiger charge is 2.24. The van der Waals surface area contributed by atoms with Gasteiger partial charge in [-0.3, -0.25) is 4.79 Å². The first-order valence-corrected chi connectivity index (χ1v) is 9.32. The Morgan fingerprint density at radius 2 is 1.85 bits per heavy atom. The predicted octanol–water partition coefficient (Wildman–Crippen LogP) is 5.79. The average Bonchev–Trinajstić information content (AvgIpc) is 2.65. The molecule has 1 aliphatic rings. The number of carbonyl (C=O) groups excluding carboxylic acids is 1. The number of hydrogen-bond acceptors (Lipinski definition) is 2. The third-order valence-corrected chi connectivity index (χ3v) is 5.42. The Morgan fingerprint density at radius 3 is 2.46 bits per heavy atom. The number of amides is 1. The largest absolute Gasteiger partial charge is 0.497 e. The number of carbonyl (C=O) groups is 1. The van der Waals surface area contributed by atoms with Gasteiger partial charge in [0.2, 0.25) is 5.91 Å². The number of anilines is 1. The van der Waals surface area contributed by atoms with Crippen molar-refractivity contribution in [3.63, 3.8) is 0 Å². The molecule has 0 spiro atoms. The molecule has 0 heterocycles. The number of benzene rings is 2. The third kappa shape index (κ3) is 4.76. The molecule has 2 aromatic rings. The Kier molecular flexibility index (Phi) is 6.15. The lowest BCUT2D eigenvalue weighted by Crippen LogP contribution is -2.20. The molecule has 0 bridgehead atoms. The minimum atomic E-state index is -0.524. The van der Waals surface area contributed by atoms with Crippen LogP contribution in [0.4, 0.5) is 10.1 Å². The van der Waals surface area contributed by atoms with E-state index in [0.29, 0.717) is 23.9 Å². The van der Waals surface area contributed by atoms with E-state index in [4.69, 9.17) is 16.3 Å². The second-order valence-corrected chi connectivity index (χ2v) is 7.28. The summed E-state index contributed by atoms with van der Waals surface area (Å²) in [5.41, 5.74) is 1.79. The minimum absolute atomic E-state index is 0.0554. The van der Waals surface area contributed by atoms with Crippen molar-refractivity contribution in [1.82, 2.24) is 0 Å². The van der Waals surface area contributed by atoms with E-state index in [1.807, 2.05) is 12.1 Å². The third-order valence-electron chi connectivity index (χ3n) is 5.11. The van der Waals surface area contributed by atoms with Crippen molar-refractivity contribution in [2.75, 3.05) is 12.4 Å². The summed E-state index contributed by atoms with van der Waals surface area (Å²) in [6.07, 6.45) is 4.69. The first-order valence-electron chi connectivity index (χ1n) is 8.94. The fraction of sp³-hybridized carbons (Fsp3) is 0.381. The molecule has 0 atom stereocenters. The summed E-state index contributed by atoms with van der Waals surface area (Å²) in [5.74, 6) is 1.20. The van der Waals surface area contributed by atoms with Crippen molar-refractivity contribution >= 4 is 23.2 Å². The molecule has 3 rings (SSSR count). The number of methoxy groups -OCH3 is 1. The Labute approximate surface area is 158 Å². The molecule has 0 aromatic heterocycles. The van der Waals surface area contributed by atoms with Gasteiger partial charge in [0.15, 0.2) is 0 Å². The van der Waals surface area contributed by atoms with Crippen LogP contribution in [-0.4, -0.2) is 13.0 Å². The molecule has 0 unspecified atom stereocenters. The van der Waals surface area contributed by atoms with Gasteiger partial charge in [0, 0.05) is 12.1 Å². The molecular weight excluding hydrogens is 353 g/mol. The van der Waals surface area contributed by atoms with Gasteiger partial charge in [-0.2, -0.15) is 0 Å². The maximum absolute atomic E-state index is 13.4. The lowest BCUT2D eigenvalue weighted by molar-refractivity contribution is -0.117. The SMILES string of the molecule is COc1ccc([C@H]2CC[C@H](CC(=O)Nc3ccc(Cl)c(F)c3)CC2)cc1. The van der Waals surface area contributed by atoms with Crippen LogP contribution in [0.25, 0.3) is 0 Å². The van der Waals surface area contributed by atoms with Crippen molar-refractivity contribution in [3.05, 3.63) is 58.9 Å². The molecular formula is C21H23ClFNO2. The highest BCUT2D eigenvalue weighted by Crippen LogP contribution is 2.37. The van der Waals surface area contributed by atoms with Gasteiger partial charge in [-0.25, -0.2) is 4.39 Å². The molecule has 0 saturated heterocycles. The molecule has 5 heteroatoms. The highest BCUT2D eigenvalue weighted by molar-refractivity contribution is 6.30. The minimum Gasteiger partial charge on any atom is -0.497 e. The molecule has 1 aliphatic carbocycles. The van der Waals surface area contributed by atoms with Crippen LogP contribution in [0.2, 0.25) is 5.02 Å². The lowest BCUT2D eigenvalue weighted by Gasteiger charge is -2.28. The number of ether oxygens (including phenoxy) is 1. The average molecular weight is 376 g/mol. The Bertz CT molecular complexity index is 755. The van der Waals surface area contributed by atoms with Crippen LogP contribution in [0.1, 0.15) is 43.6 Å². The monoisotopic (exact) mass is 375 g/mol. The second kappa shape index (κ2) is 8.54. The number of hydrogen-bond donors (Lipinski definition) is 1. The number of rotatable bonds is 5.